The van der Waals surface area contributed by atoms with Crippen LogP contribution in [0.3, 0.4) is 0 Å². The van der Waals surface area contributed by atoms with E-state index < -0.39 is 26.8 Å². The van der Waals surface area contributed by atoms with E-state index in [-0.39, 0.29) is 5.69 Å². The zero-order valence-electron chi connectivity index (χ0n) is 19.7. The molecule has 3 aromatic carbocycles. The van der Waals surface area contributed by atoms with Gasteiger partial charge in [-0.05, 0) is 54.1 Å². The first-order valence-corrected chi connectivity index (χ1v) is 12.8. The van der Waals surface area contributed by atoms with Crippen LogP contribution in [0.5, 0.6) is 17.2 Å². The normalized spacial score (nSPS) is 11.7. The van der Waals surface area contributed by atoms with Crippen LogP contribution < -0.4 is 14.4 Å². The van der Waals surface area contributed by atoms with Gasteiger partial charge in [0.2, 0.25) is 9.84 Å². The van der Waals surface area contributed by atoms with E-state index in [1.807, 2.05) is 42.5 Å². The highest BCUT2D eigenvalue weighted by Crippen LogP contribution is 2.35. The standard InChI is InChI=1S/C27H23F3N2O4S/c1-32(23-10-7-17-31-26(23)37(33,34)19-27(28,29)30)21-13-15-22(16-14-21)36-25-12-6-5-11-24(25)35-18-20-8-3-2-4-9-20/h2-17H,18-19H2,1H3. The van der Waals surface area contributed by atoms with Crippen LogP contribution in [0.25, 0.3) is 0 Å². The molecule has 0 radical (unpaired) electrons. The first-order chi connectivity index (χ1) is 17.6. The van der Waals surface area contributed by atoms with Gasteiger partial charge in [-0.15, -0.1) is 0 Å². The van der Waals surface area contributed by atoms with Gasteiger partial charge in [0.15, 0.2) is 22.3 Å². The van der Waals surface area contributed by atoms with E-state index in [2.05, 4.69) is 4.98 Å². The smallest absolute Gasteiger partial charge is 0.403 e. The Morgan fingerprint density at radius 3 is 2.16 bits per heavy atom. The van der Waals surface area contributed by atoms with Gasteiger partial charge in [0.25, 0.3) is 0 Å². The number of hydrogen-bond donors (Lipinski definition) is 0. The molecule has 1 heterocycles. The number of pyridine rings is 1. The quantitative estimate of drug-likeness (QED) is 0.245. The van der Waals surface area contributed by atoms with Gasteiger partial charge < -0.3 is 14.4 Å². The fourth-order valence-corrected chi connectivity index (χ4v) is 4.87. The molecule has 37 heavy (non-hydrogen) atoms. The molecular formula is C27H23F3N2O4S. The summed E-state index contributed by atoms with van der Waals surface area (Å²) in [7, 11) is -3.15. The molecule has 0 spiro atoms. The number of anilines is 2. The number of rotatable bonds is 9. The van der Waals surface area contributed by atoms with Gasteiger partial charge in [-0.1, -0.05) is 42.5 Å². The Labute approximate surface area is 212 Å². The third kappa shape index (κ3) is 6.79. The SMILES string of the molecule is CN(c1ccc(Oc2ccccc2OCc2ccccc2)cc1)c1cccnc1S(=O)(=O)CC(F)(F)F. The van der Waals surface area contributed by atoms with E-state index in [1.165, 1.54) is 17.0 Å². The van der Waals surface area contributed by atoms with E-state index >= 15 is 0 Å². The van der Waals surface area contributed by atoms with E-state index in [0.29, 0.717) is 29.5 Å². The van der Waals surface area contributed by atoms with E-state index in [9.17, 15) is 21.6 Å². The number of aromatic nitrogens is 1. The van der Waals surface area contributed by atoms with Gasteiger partial charge in [0, 0.05) is 18.9 Å². The van der Waals surface area contributed by atoms with Crippen molar-refractivity contribution in [1.82, 2.24) is 4.98 Å². The molecule has 10 heteroatoms. The highest BCUT2D eigenvalue weighted by atomic mass is 32.2. The van der Waals surface area contributed by atoms with Crippen molar-refractivity contribution in [3.05, 3.63) is 103 Å². The molecule has 1 aromatic heterocycles. The van der Waals surface area contributed by atoms with Crippen molar-refractivity contribution in [3.63, 3.8) is 0 Å². The van der Waals surface area contributed by atoms with E-state index in [0.717, 1.165) is 11.8 Å². The Hall–Kier alpha value is -4.05. The minimum absolute atomic E-state index is 0.0278. The van der Waals surface area contributed by atoms with Gasteiger partial charge in [0.1, 0.15) is 12.4 Å². The summed E-state index contributed by atoms with van der Waals surface area (Å²) in [6.45, 7) is 0.371. The van der Waals surface area contributed by atoms with Crippen LogP contribution in [-0.4, -0.2) is 32.4 Å². The van der Waals surface area contributed by atoms with Crippen molar-refractivity contribution < 1.29 is 31.1 Å². The second-order valence-electron chi connectivity index (χ2n) is 8.08. The maximum atomic E-state index is 12.8. The van der Waals surface area contributed by atoms with Gasteiger partial charge in [-0.2, -0.15) is 13.2 Å². The maximum absolute atomic E-state index is 12.8. The molecule has 4 aromatic rings. The lowest BCUT2D eigenvalue weighted by molar-refractivity contribution is -0.106. The molecule has 0 aliphatic heterocycles. The van der Waals surface area contributed by atoms with Crippen LogP contribution in [0, 0.1) is 0 Å². The summed E-state index contributed by atoms with van der Waals surface area (Å²) in [6.07, 6.45) is -3.73. The zero-order valence-corrected chi connectivity index (χ0v) is 20.5. The minimum Gasteiger partial charge on any atom is -0.485 e. The average molecular weight is 529 g/mol. The summed E-state index contributed by atoms with van der Waals surface area (Å²) in [5, 5.41) is -0.639. The first kappa shape index (κ1) is 26.0. The Morgan fingerprint density at radius 1 is 0.838 bits per heavy atom. The molecule has 0 amide bonds. The number of nitrogens with zero attached hydrogens (tertiary/aromatic N) is 2. The molecule has 4 rings (SSSR count). The molecule has 0 bridgehead atoms. The molecular weight excluding hydrogens is 505 g/mol. The molecule has 192 valence electrons. The third-order valence-corrected chi connectivity index (χ3v) is 6.91. The third-order valence-electron chi connectivity index (χ3n) is 5.30. The summed E-state index contributed by atoms with van der Waals surface area (Å²) in [4.78, 5) is 5.19. The number of sulfone groups is 1. The van der Waals surface area contributed by atoms with Crippen molar-refractivity contribution in [2.24, 2.45) is 0 Å². The lowest BCUT2D eigenvalue weighted by atomic mass is 10.2. The molecule has 6 nitrogen and oxygen atoms in total. The second kappa shape index (κ2) is 10.9. The van der Waals surface area contributed by atoms with Crippen LogP contribution in [0.15, 0.2) is 102 Å². The number of para-hydroxylation sites is 2. The summed E-state index contributed by atoms with van der Waals surface area (Å²) >= 11 is 0. The van der Waals surface area contributed by atoms with Gasteiger partial charge >= 0.3 is 6.18 Å². The van der Waals surface area contributed by atoms with Crippen molar-refractivity contribution in [2.75, 3.05) is 17.7 Å². The predicted molar refractivity (Wildman–Crippen MR) is 134 cm³/mol. The maximum Gasteiger partial charge on any atom is 0.403 e. The highest BCUT2D eigenvalue weighted by Gasteiger charge is 2.38. The fraction of sp³-hybridized carbons (Fsp3) is 0.148. The number of halogens is 3. The molecule has 0 fully saturated rings. The van der Waals surface area contributed by atoms with Crippen LogP contribution in [0.2, 0.25) is 0 Å². The Bertz CT molecular complexity index is 1440. The summed E-state index contributed by atoms with van der Waals surface area (Å²) < 4.78 is 75.2. The van der Waals surface area contributed by atoms with Gasteiger partial charge in [0.05, 0.1) is 5.69 Å². The van der Waals surface area contributed by atoms with Crippen LogP contribution in [0.1, 0.15) is 5.56 Å². The second-order valence-corrected chi connectivity index (χ2v) is 9.98. The molecule has 0 N–H and O–H groups in total. The number of hydrogen-bond acceptors (Lipinski definition) is 6. The Kier molecular flexibility index (Phi) is 7.68. The first-order valence-electron chi connectivity index (χ1n) is 11.1. The molecule has 0 atom stereocenters. The number of ether oxygens (including phenoxy) is 2. The van der Waals surface area contributed by atoms with Crippen molar-refractivity contribution >= 4 is 21.2 Å². The van der Waals surface area contributed by atoms with Crippen LogP contribution in [-0.2, 0) is 16.4 Å². The molecule has 0 unspecified atom stereocenters. The predicted octanol–water partition coefficient (Wildman–Crippen LogP) is 6.56. The minimum atomic E-state index is -4.88. The number of alkyl halides is 3. The average Bonchev–Trinajstić information content (AvgIpc) is 2.87. The topological polar surface area (TPSA) is 68.7 Å². The summed E-state index contributed by atoms with van der Waals surface area (Å²) in [6, 6.07) is 26.5. The lowest BCUT2D eigenvalue weighted by Gasteiger charge is -2.22. The van der Waals surface area contributed by atoms with Crippen molar-refractivity contribution in [1.29, 1.82) is 0 Å². The monoisotopic (exact) mass is 528 g/mol. The van der Waals surface area contributed by atoms with Crippen molar-refractivity contribution in [3.8, 4) is 17.2 Å². The lowest BCUT2D eigenvalue weighted by Crippen LogP contribution is -2.25. The van der Waals surface area contributed by atoms with Crippen molar-refractivity contribution in [2.45, 2.75) is 17.8 Å². The highest BCUT2D eigenvalue weighted by molar-refractivity contribution is 7.91. The fourth-order valence-electron chi connectivity index (χ4n) is 3.55. The zero-order chi connectivity index (χ0) is 26.5. The largest absolute Gasteiger partial charge is 0.485 e. The molecule has 0 saturated heterocycles. The summed E-state index contributed by atoms with van der Waals surface area (Å²) in [5.41, 5.74) is 1.56. The summed E-state index contributed by atoms with van der Waals surface area (Å²) in [5.74, 6) is -0.435. The van der Waals surface area contributed by atoms with Gasteiger partial charge in [-0.3, -0.25) is 0 Å². The van der Waals surface area contributed by atoms with E-state index in [4.69, 9.17) is 9.47 Å². The van der Waals surface area contributed by atoms with Gasteiger partial charge in [-0.25, -0.2) is 13.4 Å². The molecule has 0 aliphatic rings. The van der Waals surface area contributed by atoms with Crippen LogP contribution >= 0.6 is 0 Å². The Balaban J connectivity index is 1.51. The molecule has 0 saturated carbocycles. The van der Waals surface area contributed by atoms with Crippen LogP contribution in [0.4, 0.5) is 24.5 Å². The van der Waals surface area contributed by atoms with E-state index in [1.54, 1.807) is 43.4 Å². The molecule has 0 aliphatic carbocycles. The Morgan fingerprint density at radius 2 is 1.49 bits per heavy atom. The number of benzene rings is 3.